The number of amides is 1. The van der Waals surface area contributed by atoms with Crippen LogP contribution in [0.4, 0.5) is 0 Å². The van der Waals surface area contributed by atoms with E-state index in [1.807, 2.05) is 0 Å². The Labute approximate surface area is 123 Å². The molecular weight excluding hydrogens is 296 g/mol. The van der Waals surface area contributed by atoms with Crippen molar-refractivity contribution in [3.8, 4) is 0 Å². The van der Waals surface area contributed by atoms with Crippen LogP contribution in [-0.2, 0) is 14.8 Å². The van der Waals surface area contributed by atoms with Gasteiger partial charge in [-0.1, -0.05) is 6.07 Å². The topological polar surface area (TPSA) is 95.0 Å². The van der Waals surface area contributed by atoms with E-state index in [4.69, 9.17) is 5.11 Å². The number of carbonyl (C=O) groups excluding carboxylic acids is 1. The van der Waals surface area contributed by atoms with Crippen LogP contribution in [0.5, 0.6) is 0 Å². The number of sulfonamides is 1. The maximum Gasteiger partial charge on any atom is 0.335 e. The molecule has 0 atom stereocenters. The van der Waals surface area contributed by atoms with Gasteiger partial charge in [-0.05, 0) is 24.6 Å². The first-order valence-corrected chi connectivity index (χ1v) is 7.52. The average Bonchev–Trinajstić information content (AvgIpc) is 2.38. The normalized spacial score (nSPS) is 11.5. The first-order valence-electron chi connectivity index (χ1n) is 6.07. The van der Waals surface area contributed by atoms with Crippen LogP contribution in [0.3, 0.4) is 0 Å². The molecule has 0 aliphatic heterocycles. The lowest BCUT2D eigenvalue weighted by Crippen LogP contribution is -2.37. The zero-order valence-electron chi connectivity index (χ0n) is 12.3. The van der Waals surface area contributed by atoms with Gasteiger partial charge in [0.2, 0.25) is 15.9 Å². The van der Waals surface area contributed by atoms with Gasteiger partial charge in [0.25, 0.3) is 0 Å². The maximum atomic E-state index is 12.3. The molecule has 1 amide bonds. The number of benzene rings is 1. The minimum Gasteiger partial charge on any atom is -0.478 e. The number of hydrogen-bond donors (Lipinski definition) is 1. The lowest BCUT2D eigenvalue weighted by molar-refractivity contribution is -0.128. The van der Waals surface area contributed by atoms with Crippen LogP contribution in [-0.4, -0.2) is 62.3 Å². The van der Waals surface area contributed by atoms with E-state index < -0.39 is 16.0 Å². The summed E-state index contributed by atoms with van der Waals surface area (Å²) in [6, 6.07) is 3.86. The SMILES string of the molecule is Cc1ccc(S(=O)(=O)N(C)CC(=O)N(C)C)cc1C(=O)O. The van der Waals surface area contributed by atoms with Crippen LogP contribution in [0.25, 0.3) is 0 Å². The number of aromatic carboxylic acids is 1. The standard InChI is InChI=1S/C13H18N2O5S/c1-9-5-6-10(7-11(9)13(17)18)21(19,20)15(4)8-12(16)14(2)3/h5-7H,8H2,1-4H3,(H,17,18). The molecule has 0 heterocycles. The smallest absolute Gasteiger partial charge is 0.335 e. The third-order valence-electron chi connectivity index (χ3n) is 3.00. The Morgan fingerprint density at radius 3 is 2.24 bits per heavy atom. The summed E-state index contributed by atoms with van der Waals surface area (Å²) in [5, 5.41) is 9.04. The highest BCUT2D eigenvalue weighted by Gasteiger charge is 2.25. The van der Waals surface area contributed by atoms with Crippen LogP contribution in [0.1, 0.15) is 15.9 Å². The van der Waals surface area contributed by atoms with E-state index in [1.54, 1.807) is 6.92 Å². The van der Waals surface area contributed by atoms with Crippen molar-refractivity contribution in [2.24, 2.45) is 0 Å². The molecule has 0 radical (unpaired) electrons. The van der Waals surface area contributed by atoms with Crippen molar-refractivity contribution in [2.45, 2.75) is 11.8 Å². The fourth-order valence-electron chi connectivity index (χ4n) is 1.59. The van der Waals surface area contributed by atoms with Crippen LogP contribution in [0.2, 0.25) is 0 Å². The minimum absolute atomic E-state index is 0.0802. The van der Waals surface area contributed by atoms with Gasteiger partial charge in [0.1, 0.15) is 0 Å². The Morgan fingerprint density at radius 1 is 1.19 bits per heavy atom. The van der Waals surface area contributed by atoms with E-state index in [0.29, 0.717) is 5.56 Å². The van der Waals surface area contributed by atoms with Gasteiger partial charge in [0.15, 0.2) is 0 Å². The molecule has 1 N–H and O–H groups in total. The number of likely N-dealkylation sites (N-methyl/N-ethyl adjacent to an activating group) is 2. The lowest BCUT2D eigenvalue weighted by Gasteiger charge is -2.19. The van der Waals surface area contributed by atoms with E-state index in [-0.39, 0.29) is 22.9 Å². The molecule has 8 heteroatoms. The molecule has 1 aromatic rings. The third kappa shape index (κ3) is 3.79. The monoisotopic (exact) mass is 314 g/mol. The van der Waals surface area contributed by atoms with Gasteiger partial charge >= 0.3 is 5.97 Å². The number of carboxylic acids is 1. The fraction of sp³-hybridized carbons (Fsp3) is 0.385. The summed E-state index contributed by atoms with van der Waals surface area (Å²) in [6.07, 6.45) is 0. The summed E-state index contributed by atoms with van der Waals surface area (Å²) < 4.78 is 25.6. The van der Waals surface area contributed by atoms with Gasteiger partial charge in [-0.3, -0.25) is 4.79 Å². The Kier molecular flexibility index (Phi) is 5.08. The van der Waals surface area contributed by atoms with Gasteiger partial charge in [-0.25, -0.2) is 13.2 Å². The average molecular weight is 314 g/mol. The first-order chi connectivity index (χ1) is 9.57. The molecule has 1 aromatic carbocycles. The van der Waals surface area contributed by atoms with E-state index in [1.165, 1.54) is 38.2 Å². The van der Waals surface area contributed by atoms with E-state index >= 15 is 0 Å². The van der Waals surface area contributed by atoms with Crippen molar-refractivity contribution in [1.82, 2.24) is 9.21 Å². The number of rotatable bonds is 5. The van der Waals surface area contributed by atoms with E-state index in [9.17, 15) is 18.0 Å². The summed E-state index contributed by atoms with van der Waals surface area (Å²) in [7, 11) is 0.407. The summed E-state index contributed by atoms with van der Waals surface area (Å²) >= 11 is 0. The zero-order valence-corrected chi connectivity index (χ0v) is 13.1. The van der Waals surface area contributed by atoms with Gasteiger partial charge < -0.3 is 10.0 Å². The largest absolute Gasteiger partial charge is 0.478 e. The number of carbonyl (C=O) groups is 2. The van der Waals surface area contributed by atoms with Crippen molar-refractivity contribution < 1.29 is 23.1 Å². The molecule has 0 bridgehead atoms. The molecule has 0 aromatic heterocycles. The Balaban J connectivity index is 3.16. The van der Waals surface area contributed by atoms with Crippen molar-refractivity contribution in [3.05, 3.63) is 29.3 Å². The molecule has 0 unspecified atom stereocenters. The summed E-state index contributed by atoms with van der Waals surface area (Å²) in [5.74, 6) is -1.57. The number of hydrogen-bond acceptors (Lipinski definition) is 4. The molecule has 0 spiro atoms. The second-order valence-electron chi connectivity index (χ2n) is 4.83. The highest BCUT2D eigenvalue weighted by atomic mass is 32.2. The van der Waals surface area contributed by atoms with Crippen LogP contribution in [0, 0.1) is 6.92 Å². The molecule has 1 rings (SSSR count). The highest BCUT2D eigenvalue weighted by Crippen LogP contribution is 2.18. The van der Waals surface area contributed by atoms with Gasteiger partial charge in [0.05, 0.1) is 17.0 Å². The van der Waals surface area contributed by atoms with Crippen molar-refractivity contribution >= 4 is 21.9 Å². The Morgan fingerprint density at radius 2 is 1.76 bits per heavy atom. The predicted octanol–water partition coefficient (Wildman–Crippen LogP) is 0.402. The summed E-state index contributed by atoms with van der Waals surface area (Å²) in [6.45, 7) is 1.27. The fourth-order valence-corrected chi connectivity index (χ4v) is 2.74. The minimum atomic E-state index is -3.92. The molecule has 0 saturated heterocycles. The van der Waals surface area contributed by atoms with Crippen LogP contribution >= 0.6 is 0 Å². The van der Waals surface area contributed by atoms with Gasteiger partial charge in [-0.15, -0.1) is 0 Å². The van der Waals surface area contributed by atoms with Crippen molar-refractivity contribution in [1.29, 1.82) is 0 Å². The quantitative estimate of drug-likeness (QED) is 0.849. The van der Waals surface area contributed by atoms with Gasteiger partial charge in [-0.2, -0.15) is 4.31 Å². The lowest BCUT2D eigenvalue weighted by atomic mass is 10.1. The van der Waals surface area contributed by atoms with Crippen molar-refractivity contribution in [3.63, 3.8) is 0 Å². The molecule has 0 aliphatic carbocycles. The van der Waals surface area contributed by atoms with Crippen LogP contribution < -0.4 is 0 Å². The second-order valence-corrected chi connectivity index (χ2v) is 6.88. The molecule has 7 nitrogen and oxygen atoms in total. The Hall–Kier alpha value is -1.93. The number of aryl methyl sites for hydroxylation is 1. The summed E-state index contributed by atoms with van der Waals surface area (Å²) in [4.78, 5) is 23.8. The summed E-state index contributed by atoms with van der Waals surface area (Å²) in [5.41, 5.74) is 0.386. The Bertz CT molecular complexity index is 667. The molecule has 116 valence electrons. The molecule has 21 heavy (non-hydrogen) atoms. The molecule has 0 fully saturated rings. The zero-order chi connectivity index (χ0) is 16.4. The van der Waals surface area contributed by atoms with E-state index in [0.717, 1.165) is 10.4 Å². The molecular formula is C13H18N2O5S. The second kappa shape index (κ2) is 6.23. The predicted molar refractivity (Wildman–Crippen MR) is 76.6 cm³/mol. The van der Waals surface area contributed by atoms with Gasteiger partial charge in [0, 0.05) is 21.1 Å². The van der Waals surface area contributed by atoms with E-state index in [2.05, 4.69) is 0 Å². The maximum absolute atomic E-state index is 12.3. The number of carboxylic acid groups (broad SMARTS) is 1. The highest BCUT2D eigenvalue weighted by molar-refractivity contribution is 7.89. The molecule has 0 saturated carbocycles. The third-order valence-corrected chi connectivity index (χ3v) is 4.80. The first kappa shape index (κ1) is 17.1. The molecule has 0 aliphatic rings. The number of nitrogens with zero attached hydrogens (tertiary/aromatic N) is 2. The van der Waals surface area contributed by atoms with Crippen LogP contribution in [0.15, 0.2) is 23.1 Å². The van der Waals surface area contributed by atoms with Crippen molar-refractivity contribution in [2.75, 3.05) is 27.7 Å².